The molecule has 0 radical (unpaired) electrons. The average Bonchev–Trinajstić information content (AvgIpc) is 3.38. The van der Waals surface area contributed by atoms with Gasteiger partial charge in [-0.15, -0.1) is 0 Å². The molecule has 1 aliphatic rings. The molecule has 1 aromatic carbocycles. The molecule has 27 heavy (non-hydrogen) atoms. The number of anilines is 1. The lowest BCUT2D eigenvalue weighted by atomic mass is 10.2. The van der Waals surface area contributed by atoms with Crippen LogP contribution in [0.25, 0.3) is 11.6 Å². The van der Waals surface area contributed by atoms with Gasteiger partial charge < -0.3 is 14.3 Å². The second kappa shape index (κ2) is 7.75. The first-order valence-corrected chi connectivity index (χ1v) is 9.03. The maximum Gasteiger partial charge on any atom is 0.239 e. The fraction of sp³-hybridized carbons (Fsp3) is 0.353. The van der Waals surface area contributed by atoms with Gasteiger partial charge in [0, 0.05) is 49.7 Å². The molecule has 1 saturated heterocycles. The van der Waals surface area contributed by atoms with Gasteiger partial charge in [0.05, 0.1) is 0 Å². The summed E-state index contributed by atoms with van der Waals surface area (Å²) in [5.41, 5.74) is 1.08. The van der Waals surface area contributed by atoms with Crippen molar-refractivity contribution >= 4 is 23.2 Å². The Morgan fingerprint density at radius 1 is 1.26 bits per heavy atom. The minimum absolute atomic E-state index is 0.0835. The normalized spacial score (nSPS) is 14.6. The zero-order valence-corrected chi connectivity index (χ0v) is 15.3. The number of nitrogens with zero attached hydrogens (tertiary/aromatic N) is 6. The highest BCUT2D eigenvalue weighted by Gasteiger charge is 2.22. The van der Waals surface area contributed by atoms with Crippen LogP contribution in [0.4, 0.5) is 5.69 Å². The lowest BCUT2D eigenvalue weighted by molar-refractivity contribution is -0.131. The van der Waals surface area contributed by atoms with Gasteiger partial charge >= 0.3 is 0 Å². The number of halogens is 1. The maximum atomic E-state index is 12.5. The van der Waals surface area contributed by atoms with Gasteiger partial charge in [-0.2, -0.15) is 10.1 Å². The largest absolute Gasteiger partial charge is 0.368 e. The zero-order valence-electron chi connectivity index (χ0n) is 14.5. The monoisotopic (exact) mass is 387 g/mol. The van der Waals surface area contributed by atoms with Crippen molar-refractivity contribution in [1.29, 1.82) is 0 Å². The van der Waals surface area contributed by atoms with Crippen LogP contribution in [0, 0.1) is 0 Å². The molecule has 1 aliphatic heterocycles. The lowest BCUT2D eigenvalue weighted by Crippen LogP contribution is -2.48. The second-order valence-electron chi connectivity index (χ2n) is 6.19. The molecule has 1 N–H and O–H groups in total. The highest BCUT2D eigenvalue weighted by Crippen LogP contribution is 2.21. The highest BCUT2D eigenvalue weighted by atomic mass is 35.5. The van der Waals surface area contributed by atoms with E-state index in [-0.39, 0.29) is 5.91 Å². The van der Waals surface area contributed by atoms with Crippen LogP contribution in [0.5, 0.6) is 0 Å². The molecule has 0 spiro atoms. The fourth-order valence-electron chi connectivity index (χ4n) is 3.02. The molecule has 9 nitrogen and oxygen atoms in total. The Bertz CT molecular complexity index is 904. The van der Waals surface area contributed by atoms with Gasteiger partial charge in [0.15, 0.2) is 5.82 Å². The van der Waals surface area contributed by atoms with Gasteiger partial charge in [-0.1, -0.05) is 22.8 Å². The van der Waals surface area contributed by atoms with Crippen molar-refractivity contribution in [2.24, 2.45) is 0 Å². The van der Waals surface area contributed by atoms with Crippen LogP contribution in [0.1, 0.15) is 12.3 Å². The molecule has 1 fully saturated rings. The summed E-state index contributed by atoms with van der Waals surface area (Å²) in [6.45, 7) is 2.92. The van der Waals surface area contributed by atoms with Crippen LogP contribution in [0.3, 0.4) is 0 Å². The number of piperazine rings is 1. The molecule has 0 bridgehead atoms. The Morgan fingerprint density at radius 2 is 2.11 bits per heavy atom. The molecular weight excluding hydrogens is 370 g/mol. The Balaban J connectivity index is 1.27. The standard InChI is InChI=1S/C17H18ClN7O2/c18-12-2-1-3-13(10-12)24-6-8-25(9-7-24)15(26)5-4-14-21-17(23-27-14)16-19-11-20-22-16/h1-3,10-11H,4-9H2,(H,19,20,22). The van der Waals surface area contributed by atoms with Crippen LogP contribution in [-0.4, -0.2) is 62.3 Å². The summed E-state index contributed by atoms with van der Waals surface area (Å²) in [6, 6.07) is 7.77. The Hall–Kier alpha value is -2.94. The molecule has 3 heterocycles. The SMILES string of the molecule is O=C(CCc1nc(-c2ncn[nH]2)no1)N1CCN(c2cccc(Cl)c2)CC1. The van der Waals surface area contributed by atoms with E-state index in [4.69, 9.17) is 16.1 Å². The fourth-order valence-corrected chi connectivity index (χ4v) is 3.21. The molecule has 10 heteroatoms. The summed E-state index contributed by atoms with van der Waals surface area (Å²) < 4.78 is 5.17. The average molecular weight is 388 g/mol. The number of hydrogen-bond acceptors (Lipinski definition) is 7. The van der Waals surface area contributed by atoms with Crippen molar-refractivity contribution in [1.82, 2.24) is 30.2 Å². The highest BCUT2D eigenvalue weighted by molar-refractivity contribution is 6.30. The van der Waals surface area contributed by atoms with Crippen molar-refractivity contribution in [2.45, 2.75) is 12.8 Å². The van der Waals surface area contributed by atoms with Crippen molar-refractivity contribution in [3.05, 3.63) is 41.5 Å². The third kappa shape index (κ3) is 4.08. The first-order chi connectivity index (χ1) is 13.2. The third-order valence-electron chi connectivity index (χ3n) is 4.45. The number of benzene rings is 1. The van der Waals surface area contributed by atoms with Gasteiger partial charge in [0.1, 0.15) is 6.33 Å². The molecule has 2 aromatic heterocycles. The summed E-state index contributed by atoms with van der Waals surface area (Å²) in [6.07, 6.45) is 2.10. The van der Waals surface area contributed by atoms with Gasteiger partial charge in [0.2, 0.25) is 17.6 Å². The quantitative estimate of drug-likeness (QED) is 0.711. The topological polar surface area (TPSA) is 104 Å². The van der Waals surface area contributed by atoms with Gasteiger partial charge in [-0.05, 0) is 18.2 Å². The molecule has 0 unspecified atom stereocenters. The molecule has 0 saturated carbocycles. The molecule has 4 rings (SSSR count). The number of carbonyl (C=O) groups excluding carboxylic acids is 1. The van der Waals surface area contributed by atoms with E-state index in [9.17, 15) is 4.79 Å². The Morgan fingerprint density at radius 3 is 2.85 bits per heavy atom. The summed E-state index contributed by atoms with van der Waals surface area (Å²) >= 11 is 6.06. The molecular formula is C17H18ClN7O2. The number of aryl methyl sites for hydroxylation is 1. The van der Waals surface area contributed by atoms with Gasteiger partial charge in [-0.3, -0.25) is 9.89 Å². The zero-order chi connectivity index (χ0) is 18.6. The molecule has 0 aliphatic carbocycles. The molecule has 140 valence electrons. The number of nitrogens with one attached hydrogen (secondary N) is 1. The van der Waals surface area contributed by atoms with E-state index in [1.165, 1.54) is 6.33 Å². The number of rotatable bonds is 5. The van der Waals surface area contributed by atoms with E-state index in [1.54, 1.807) is 0 Å². The van der Waals surface area contributed by atoms with Gasteiger partial charge in [-0.25, -0.2) is 4.98 Å². The number of aromatic nitrogens is 5. The number of aromatic amines is 1. The van der Waals surface area contributed by atoms with Crippen LogP contribution in [-0.2, 0) is 11.2 Å². The summed E-state index contributed by atoms with van der Waals surface area (Å²) in [5, 5.41) is 11.0. The summed E-state index contributed by atoms with van der Waals surface area (Å²) in [5.74, 6) is 1.27. The second-order valence-corrected chi connectivity index (χ2v) is 6.63. The third-order valence-corrected chi connectivity index (χ3v) is 4.69. The Kier molecular flexibility index (Phi) is 5.01. The van der Waals surface area contributed by atoms with E-state index >= 15 is 0 Å². The van der Waals surface area contributed by atoms with E-state index in [0.29, 0.717) is 43.5 Å². The van der Waals surface area contributed by atoms with Crippen LogP contribution >= 0.6 is 11.6 Å². The number of hydrogen-bond donors (Lipinski definition) is 1. The minimum atomic E-state index is 0.0835. The smallest absolute Gasteiger partial charge is 0.239 e. The van der Waals surface area contributed by atoms with E-state index < -0.39 is 0 Å². The van der Waals surface area contributed by atoms with E-state index in [2.05, 4.69) is 30.2 Å². The minimum Gasteiger partial charge on any atom is -0.368 e. The van der Waals surface area contributed by atoms with Crippen molar-refractivity contribution in [3.63, 3.8) is 0 Å². The van der Waals surface area contributed by atoms with Crippen LogP contribution < -0.4 is 4.90 Å². The predicted molar refractivity (Wildman–Crippen MR) is 98.2 cm³/mol. The summed E-state index contributed by atoms with van der Waals surface area (Å²) in [4.78, 5) is 24.8. The van der Waals surface area contributed by atoms with Crippen LogP contribution in [0.15, 0.2) is 35.1 Å². The molecule has 1 amide bonds. The van der Waals surface area contributed by atoms with Gasteiger partial charge in [0.25, 0.3) is 0 Å². The Labute approximate surface area is 160 Å². The molecule has 0 atom stereocenters. The first kappa shape index (κ1) is 17.5. The number of H-pyrrole nitrogens is 1. The maximum absolute atomic E-state index is 12.5. The van der Waals surface area contributed by atoms with Crippen molar-refractivity contribution in [2.75, 3.05) is 31.1 Å². The predicted octanol–water partition coefficient (Wildman–Crippen LogP) is 1.79. The van der Waals surface area contributed by atoms with Crippen LogP contribution in [0.2, 0.25) is 5.02 Å². The van der Waals surface area contributed by atoms with Crippen molar-refractivity contribution < 1.29 is 9.32 Å². The number of amides is 1. The van der Waals surface area contributed by atoms with Crippen molar-refractivity contribution in [3.8, 4) is 11.6 Å². The lowest BCUT2D eigenvalue weighted by Gasteiger charge is -2.36. The first-order valence-electron chi connectivity index (χ1n) is 8.65. The number of carbonyl (C=O) groups is 1. The summed E-state index contributed by atoms with van der Waals surface area (Å²) in [7, 11) is 0. The van der Waals surface area contributed by atoms with E-state index in [1.807, 2.05) is 29.2 Å². The molecule has 3 aromatic rings. The van der Waals surface area contributed by atoms with E-state index in [0.717, 1.165) is 23.8 Å².